The molecule has 0 fully saturated rings. The van der Waals surface area contributed by atoms with E-state index in [-0.39, 0.29) is 6.61 Å². The van der Waals surface area contributed by atoms with Crippen molar-refractivity contribution in [2.45, 2.75) is 19.4 Å². The van der Waals surface area contributed by atoms with Crippen LogP contribution in [0.5, 0.6) is 0 Å². The Morgan fingerprint density at radius 1 is 1.50 bits per heavy atom. The summed E-state index contributed by atoms with van der Waals surface area (Å²) >= 11 is 0. The molecule has 0 spiro atoms. The third-order valence-electron chi connectivity index (χ3n) is 2.82. The molecular weight excluding hydrogens is 234 g/mol. The monoisotopic (exact) mass is 249 g/mol. The Bertz CT molecular complexity index is 589. The zero-order valence-corrected chi connectivity index (χ0v) is 10.2. The maximum Gasteiger partial charge on any atom is 0.409 e. The van der Waals surface area contributed by atoms with Gasteiger partial charge in [-0.15, -0.1) is 0 Å². The third-order valence-corrected chi connectivity index (χ3v) is 2.82. The summed E-state index contributed by atoms with van der Waals surface area (Å²) in [7, 11) is 0. The number of hydrogen-bond donors (Lipinski definition) is 3. The molecule has 1 aromatic carbocycles. The molecule has 2 rings (SSSR count). The maximum absolute atomic E-state index is 10.7. The van der Waals surface area contributed by atoms with Crippen molar-refractivity contribution in [3.05, 3.63) is 24.4 Å². The number of aliphatic hydroxyl groups is 1. The molecular formula is C12H15N3O3. The molecule has 0 unspecified atom stereocenters. The Kier molecular flexibility index (Phi) is 2.96. The zero-order valence-electron chi connectivity index (χ0n) is 10.2. The van der Waals surface area contributed by atoms with Gasteiger partial charge in [0.1, 0.15) is 0 Å². The van der Waals surface area contributed by atoms with Crippen molar-refractivity contribution >= 4 is 22.7 Å². The first kappa shape index (κ1) is 12.4. The van der Waals surface area contributed by atoms with Crippen LogP contribution in [0.15, 0.2) is 24.4 Å². The number of carboxylic acid groups (broad SMARTS) is 1. The van der Waals surface area contributed by atoms with E-state index in [0.717, 1.165) is 5.52 Å². The molecule has 0 aliphatic rings. The lowest BCUT2D eigenvalue weighted by Crippen LogP contribution is -2.31. The Balaban J connectivity index is 2.58. The largest absolute Gasteiger partial charge is 0.465 e. The van der Waals surface area contributed by atoms with Gasteiger partial charge < -0.3 is 10.2 Å². The van der Waals surface area contributed by atoms with E-state index in [4.69, 9.17) is 5.11 Å². The summed E-state index contributed by atoms with van der Waals surface area (Å²) < 4.78 is 1.69. The van der Waals surface area contributed by atoms with E-state index in [1.54, 1.807) is 23.0 Å². The molecule has 0 atom stereocenters. The fourth-order valence-electron chi connectivity index (χ4n) is 1.82. The number of fused-ring (bicyclic) bond motifs is 1. The van der Waals surface area contributed by atoms with Crippen LogP contribution in [0.3, 0.4) is 0 Å². The zero-order chi connectivity index (χ0) is 13.3. The molecule has 6 heteroatoms. The second-order valence-corrected chi connectivity index (χ2v) is 4.70. The Labute approximate surface area is 104 Å². The molecule has 0 radical (unpaired) electrons. The summed E-state index contributed by atoms with van der Waals surface area (Å²) in [6.45, 7) is 3.66. The summed E-state index contributed by atoms with van der Waals surface area (Å²) in [4.78, 5) is 10.7. The van der Waals surface area contributed by atoms with Crippen LogP contribution in [-0.4, -0.2) is 32.7 Å². The lowest BCUT2D eigenvalue weighted by molar-refractivity contribution is 0.156. The number of aliphatic hydroxyl groups excluding tert-OH is 1. The minimum atomic E-state index is -1.11. The normalized spacial score (nSPS) is 11.7. The number of nitrogens with one attached hydrogen (secondary N) is 1. The molecule has 6 nitrogen and oxygen atoms in total. The van der Waals surface area contributed by atoms with E-state index in [1.807, 2.05) is 19.9 Å². The van der Waals surface area contributed by atoms with Gasteiger partial charge in [-0.25, -0.2) is 4.79 Å². The van der Waals surface area contributed by atoms with Gasteiger partial charge >= 0.3 is 6.09 Å². The van der Waals surface area contributed by atoms with Crippen molar-refractivity contribution in [3.63, 3.8) is 0 Å². The standard InChI is InChI=1S/C12H15N3O3/c1-12(2,7-16)15-10-5-3-4-9(14-11(17)18)8(10)6-13-15/h3-6,14,16H,7H2,1-2H3,(H,17,18). The average molecular weight is 249 g/mol. The van der Waals surface area contributed by atoms with Gasteiger partial charge in [-0.05, 0) is 26.0 Å². The predicted octanol–water partition coefficient (Wildman–Crippen LogP) is 1.85. The Hall–Kier alpha value is -2.08. The lowest BCUT2D eigenvalue weighted by atomic mass is 10.1. The third kappa shape index (κ3) is 2.02. The molecule has 0 saturated heterocycles. The summed E-state index contributed by atoms with van der Waals surface area (Å²) in [5.41, 5.74) is 0.726. The molecule has 18 heavy (non-hydrogen) atoms. The number of benzene rings is 1. The van der Waals surface area contributed by atoms with E-state index in [1.165, 1.54) is 0 Å². The van der Waals surface area contributed by atoms with Crippen LogP contribution in [-0.2, 0) is 5.54 Å². The number of aromatic nitrogens is 2. The summed E-state index contributed by atoms with van der Waals surface area (Å²) in [5, 5.41) is 25.4. The van der Waals surface area contributed by atoms with Crippen molar-refractivity contribution in [1.82, 2.24) is 9.78 Å². The number of nitrogens with zero attached hydrogens (tertiary/aromatic N) is 2. The summed E-state index contributed by atoms with van der Waals surface area (Å²) in [6.07, 6.45) is 0.481. The predicted molar refractivity (Wildman–Crippen MR) is 67.8 cm³/mol. The van der Waals surface area contributed by atoms with Crippen molar-refractivity contribution in [3.8, 4) is 0 Å². The molecule has 1 amide bonds. The highest BCUT2D eigenvalue weighted by atomic mass is 16.4. The minimum absolute atomic E-state index is 0.0552. The fraction of sp³-hybridized carbons (Fsp3) is 0.333. The SMILES string of the molecule is CC(C)(CO)n1ncc2c(NC(=O)O)cccc21. The first-order chi connectivity index (χ1) is 8.45. The van der Waals surface area contributed by atoms with E-state index in [9.17, 15) is 9.90 Å². The van der Waals surface area contributed by atoms with Gasteiger partial charge in [-0.3, -0.25) is 10.00 Å². The van der Waals surface area contributed by atoms with Crippen LogP contribution in [0.2, 0.25) is 0 Å². The molecule has 0 bridgehead atoms. The molecule has 1 aromatic heterocycles. The van der Waals surface area contributed by atoms with Crippen LogP contribution in [0, 0.1) is 0 Å². The highest BCUT2D eigenvalue weighted by Crippen LogP contribution is 2.27. The van der Waals surface area contributed by atoms with Crippen LogP contribution >= 0.6 is 0 Å². The van der Waals surface area contributed by atoms with Crippen molar-refractivity contribution in [2.24, 2.45) is 0 Å². The van der Waals surface area contributed by atoms with Gasteiger partial charge in [0.25, 0.3) is 0 Å². The van der Waals surface area contributed by atoms with E-state index >= 15 is 0 Å². The van der Waals surface area contributed by atoms with Crippen molar-refractivity contribution in [1.29, 1.82) is 0 Å². The smallest absolute Gasteiger partial charge is 0.409 e. The first-order valence-corrected chi connectivity index (χ1v) is 5.54. The van der Waals surface area contributed by atoms with Gasteiger partial charge in [0.2, 0.25) is 0 Å². The summed E-state index contributed by atoms with van der Waals surface area (Å²) in [5.74, 6) is 0. The number of anilines is 1. The van der Waals surface area contributed by atoms with E-state index < -0.39 is 11.6 Å². The number of rotatable bonds is 3. The van der Waals surface area contributed by atoms with Gasteiger partial charge in [0.05, 0.1) is 29.5 Å². The highest BCUT2D eigenvalue weighted by Gasteiger charge is 2.22. The van der Waals surface area contributed by atoms with Crippen LogP contribution in [0.1, 0.15) is 13.8 Å². The fourth-order valence-corrected chi connectivity index (χ4v) is 1.82. The topological polar surface area (TPSA) is 87.4 Å². The molecule has 0 saturated carbocycles. The van der Waals surface area contributed by atoms with E-state index in [0.29, 0.717) is 11.1 Å². The van der Waals surface area contributed by atoms with E-state index in [2.05, 4.69) is 10.4 Å². The van der Waals surface area contributed by atoms with Gasteiger partial charge in [-0.1, -0.05) is 6.07 Å². The highest BCUT2D eigenvalue weighted by molar-refractivity contribution is 5.98. The number of hydrogen-bond acceptors (Lipinski definition) is 3. The summed E-state index contributed by atoms with van der Waals surface area (Å²) in [6, 6.07) is 5.26. The quantitative estimate of drug-likeness (QED) is 0.774. The Morgan fingerprint density at radius 3 is 2.83 bits per heavy atom. The molecule has 0 aliphatic carbocycles. The molecule has 96 valence electrons. The molecule has 3 N–H and O–H groups in total. The van der Waals surface area contributed by atoms with Crippen molar-refractivity contribution in [2.75, 3.05) is 11.9 Å². The lowest BCUT2D eigenvalue weighted by Gasteiger charge is -2.23. The minimum Gasteiger partial charge on any atom is -0.465 e. The maximum atomic E-state index is 10.7. The molecule has 2 aromatic rings. The second-order valence-electron chi connectivity index (χ2n) is 4.70. The van der Waals surface area contributed by atoms with Gasteiger partial charge in [-0.2, -0.15) is 5.10 Å². The molecule has 0 aliphatic heterocycles. The number of carbonyl (C=O) groups is 1. The Morgan fingerprint density at radius 2 is 2.22 bits per heavy atom. The first-order valence-electron chi connectivity index (χ1n) is 5.54. The van der Waals surface area contributed by atoms with Gasteiger partial charge in [0.15, 0.2) is 0 Å². The van der Waals surface area contributed by atoms with Crippen LogP contribution in [0.25, 0.3) is 10.9 Å². The van der Waals surface area contributed by atoms with Crippen LogP contribution in [0.4, 0.5) is 10.5 Å². The second kappa shape index (κ2) is 4.30. The van der Waals surface area contributed by atoms with Gasteiger partial charge in [0, 0.05) is 5.39 Å². The molecule has 1 heterocycles. The van der Waals surface area contributed by atoms with Crippen LogP contribution < -0.4 is 5.32 Å². The average Bonchev–Trinajstić information content (AvgIpc) is 2.74. The number of amides is 1. The van der Waals surface area contributed by atoms with Crippen molar-refractivity contribution < 1.29 is 15.0 Å².